The van der Waals surface area contributed by atoms with Crippen LogP contribution in [-0.2, 0) is 0 Å². The topological polar surface area (TPSA) is 42.1 Å². The summed E-state index contributed by atoms with van der Waals surface area (Å²) in [5, 5.41) is 0. The lowest BCUT2D eigenvalue weighted by atomic mass is 10.4. The van der Waals surface area contributed by atoms with Crippen molar-refractivity contribution in [3.8, 4) is 5.75 Å². The number of rotatable bonds is 2. The highest BCUT2D eigenvalue weighted by atomic mass is 19.4. The Morgan fingerprint density at radius 2 is 2.15 bits per heavy atom. The normalized spacial score (nSPS) is 11.3. The average Bonchev–Trinajstić information content (AvgIpc) is 2.01. The summed E-state index contributed by atoms with van der Waals surface area (Å²) < 4.78 is 39.1. The van der Waals surface area contributed by atoms with Crippen LogP contribution in [0.15, 0.2) is 23.1 Å². The Kier molecular flexibility index (Phi) is 2.60. The third-order valence-corrected chi connectivity index (χ3v) is 1.17. The highest BCUT2D eigenvalue weighted by Crippen LogP contribution is 2.15. The Morgan fingerprint density at radius 3 is 2.69 bits per heavy atom. The predicted molar refractivity (Wildman–Crippen MR) is 38.6 cm³/mol. The zero-order valence-corrected chi connectivity index (χ0v) is 6.39. The first-order valence-electron chi connectivity index (χ1n) is 3.36. The lowest BCUT2D eigenvalue weighted by molar-refractivity contribution is -0.153. The minimum absolute atomic E-state index is 0.333. The molecule has 0 saturated heterocycles. The van der Waals surface area contributed by atoms with E-state index in [1.165, 1.54) is 18.3 Å². The van der Waals surface area contributed by atoms with Crippen molar-refractivity contribution in [3.63, 3.8) is 0 Å². The van der Waals surface area contributed by atoms with Gasteiger partial charge in [0, 0.05) is 6.20 Å². The Bertz CT molecular complexity index is 331. The Balaban J connectivity index is 2.66. The number of hydrogen-bond donors (Lipinski definition) is 1. The first-order valence-corrected chi connectivity index (χ1v) is 3.36. The van der Waals surface area contributed by atoms with Crippen LogP contribution in [0, 0.1) is 0 Å². The van der Waals surface area contributed by atoms with Gasteiger partial charge in [0.05, 0.1) is 0 Å². The molecule has 0 amide bonds. The van der Waals surface area contributed by atoms with Crippen LogP contribution in [-0.4, -0.2) is 17.8 Å². The fraction of sp³-hybridized carbons (Fsp3) is 0.286. The molecule has 1 aromatic rings. The van der Waals surface area contributed by atoms with Crippen LogP contribution in [0.5, 0.6) is 5.75 Å². The van der Waals surface area contributed by atoms with Crippen molar-refractivity contribution in [2.24, 2.45) is 0 Å². The van der Waals surface area contributed by atoms with Crippen LogP contribution in [0.25, 0.3) is 0 Å². The minimum atomic E-state index is -4.43. The first-order chi connectivity index (χ1) is 5.99. The maximum atomic E-state index is 11.6. The van der Waals surface area contributed by atoms with Crippen LogP contribution >= 0.6 is 0 Å². The van der Waals surface area contributed by atoms with Crippen LogP contribution in [0.3, 0.4) is 0 Å². The molecule has 72 valence electrons. The average molecular weight is 193 g/mol. The number of alkyl halides is 3. The minimum Gasteiger partial charge on any atom is -0.478 e. The molecule has 0 bridgehead atoms. The summed E-state index contributed by atoms with van der Waals surface area (Å²) >= 11 is 0. The van der Waals surface area contributed by atoms with Crippen molar-refractivity contribution < 1.29 is 17.9 Å². The van der Waals surface area contributed by atoms with Gasteiger partial charge in [-0.05, 0) is 12.1 Å². The number of hydrogen-bond acceptors (Lipinski definition) is 2. The molecule has 1 heterocycles. The second-order valence-corrected chi connectivity index (χ2v) is 2.27. The van der Waals surface area contributed by atoms with Crippen molar-refractivity contribution in [1.82, 2.24) is 4.98 Å². The molecule has 13 heavy (non-hydrogen) atoms. The number of halogens is 3. The molecule has 1 aromatic heterocycles. The molecule has 0 unspecified atom stereocenters. The molecule has 0 aromatic carbocycles. The number of aromatic amines is 1. The highest BCUT2D eigenvalue weighted by molar-refractivity contribution is 5.15. The number of ether oxygens (including phenoxy) is 1. The van der Waals surface area contributed by atoms with Gasteiger partial charge in [-0.3, -0.25) is 4.79 Å². The smallest absolute Gasteiger partial charge is 0.422 e. The van der Waals surface area contributed by atoms with Gasteiger partial charge in [0.1, 0.15) is 0 Å². The van der Waals surface area contributed by atoms with Gasteiger partial charge in [0.15, 0.2) is 12.4 Å². The van der Waals surface area contributed by atoms with Gasteiger partial charge in [-0.15, -0.1) is 0 Å². The van der Waals surface area contributed by atoms with Crippen LogP contribution < -0.4 is 10.3 Å². The molecule has 0 atom stereocenters. The maximum Gasteiger partial charge on any atom is 0.422 e. The van der Waals surface area contributed by atoms with E-state index in [1.807, 2.05) is 0 Å². The molecular weight excluding hydrogens is 187 g/mol. The van der Waals surface area contributed by atoms with E-state index in [4.69, 9.17) is 0 Å². The lowest BCUT2D eigenvalue weighted by Crippen LogP contribution is -2.22. The van der Waals surface area contributed by atoms with E-state index in [2.05, 4.69) is 9.72 Å². The molecule has 0 aliphatic heterocycles. The van der Waals surface area contributed by atoms with Crippen molar-refractivity contribution >= 4 is 0 Å². The SMILES string of the molecule is O=c1[nH]cccc1OCC(F)(F)F. The summed E-state index contributed by atoms with van der Waals surface area (Å²) in [5.41, 5.74) is -0.674. The zero-order chi connectivity index (χ0) is 9.90. The lowest BCUT2D eigenvalue weighted by Gasteiger charge is -2.07. The number of H-pyrrole nitrogens is 1. The number of pyridine rings is 1. The Morgan fingerprint density at radius 1 is 1.46 bits per heavy atom. The van der Waals surface area contributed by atoms with E-state index in [0.29, 0.717) is 0 Å². The largest absolute Gasteiger partial charge is 0.478 e. The highest BCUT2D eigenvalue weighted by Gasteiger charge is 2.28. The molecule has 1 rings (SSSR count). The molecule has 0 fully saturated rings. The quantitative estimate of drug-likeness (QED) is 0.769. The molecular formula is C7H6F3NO2. The van der Waals surface area contributed by atoms with Gasteiger partial charge in [-0.25, -0.2) is 0 Å². The summed E-state index contributed by atoms with van der Waals surface area (Å²) in [7, 11) is 0. The molecule has 0 spiro atoms. The molecule has 0 saturated carbocycles. The van der Waals surface area contributed by atoms with E-state index in [0.717, 1.165) is 0 Å². The van der Waals surface area contributed by atoms with Crippen molar-refractivity contribution in [1.29, 1.82) is 0 Å². The summed E-state index contributed by atoms with van der Waals surface area (Å²) in [6, 6.07) is 2.55. The van der Waals surface area contributed by atoms with E-state index in [1.54, 1.807) is 0 Å². The van der Waals surface area contributed by atoms with Gasteiger partial charge >= 0.3 is 6.18 Å². The van der Waals surface area contributed by atoms with E-state index in [-0.39, 0.29) is 5.75 Å². The fourth-order valence-corrected chi connectivity index (χ4v) is 0.679. The molecule has 0 aliphatic rings. The van der Waals surface area contributed by atoms with Gasteiger partial charge in [-0.1, -0.05) is 0 Å². The third kappa shape index (κ3) is 3.18. The van der Waals surface area contributed by atoms with Crippen LogP contribution in [0.1, 0.15) is 0 Å². The molecule has 0 aliphatic carbocycles. The van der Waals surface area contributed by atoms with Crippen LogP contribution in [0.4, 0.5) is 13.2 Å². The van der Waals surface area contributed by atoms with Gasteiger partial charge < -0.3 is 9.72 Å². The maximum absolute atomic E-state index is 11.6. The first kappa shape index (κ1) is 9.63. The summed E-state index contributed by atoms with van der Waals surface area (Å²) in [6.45, 7) is -1.46. The standard InChI is InChI=1S/C7H6F3NO2/c8-7(9,10)4-13-5-2-1-3-11-6(5)12/h1-3H,4H2,(H,11,12). The predicted octanol–water partition coefficient (Wildman–Crippen LogP) is 1.32. The summed E-state index contributed by atoms with van der Waals surface area (Å²) in [6.07, 6.45) is -3.12. The summed E-state index contributed by atoms with van der Waals surface area (Å²) in [5.74, 6) is -0.333. The van der Waals surface area contributed by atoms with Gasteiger partial charge in [0.25, 0.3) is 5.56 Å². The summed E-state index contributed by atoms with van der Waals surface area (Å²) in [4.78, 5) is 13.0. The van der Waals surface area contributed by atoms with E-state index >= 15 is 0 Å². The Labute approximate surface area is 71.2 Å². The van der Waals surface area contributed by atoms with Crippen molar-refractivity contribution in [3.05, 3.63) is 28.7 Å². The van der Waals surface area contributed by atoms with E-state index < -0.39 is 18.3 Å². The second-order valence-electron chi connectivity index (χ2n) is 2.27. The van der Waals surface area contributed by atoms with Gasteiger partial charge in [0.2, 0.25) is 0 Å². The molecule has 3 nitrogen and oxygen atoms in total. The number of aromatic nitrogens is 1. The third-order valence-electron chi connectivity index (χ3n) is 1.17. The molecule has 1 N–H and O–H groups in total. The van der Waals surface area contributed by atoms with Crippen LogP contribution in [0.2, 0.25) is 0 Å². The Hall–Kier alpha value is -1.46. The van der Waals surface area contributed by atoms with Gasteiger partial charge in [-0.2, -0.15) is 13.2 Å². The van der Waals surface area contributed by atoms with Crippen molar-refractivity contribution in [2.75, 3.05) is 6.61 Å². The van der Waals surface area contributed by atoms with Crippen molar-refractivity contribution in [2.45, 2.75) is 6.18 Å². The molecule has 6 heteroatoms. The second kappa shape index (κ2) is 3.51. The fourth-order valence-electron chi connectivity index (χ4n) is 0.679. The molecule has 0 radical (unpaired) electrons. The zero-order valence-electron chi connectivity index (χ0n) is 6.39. The van der Waals surface area contributed by atoms with E-state index in [9.17, 15) is 18.0 Å². The monoisotopic (exact) mass is 193 g/mol. The number of nitrogens with one attached hydrogen (secondary N) is 1.